The molecule has 0 aromatic heterocycles. The van der Waals surface area contributed by atoms with Gasteiger partial charge < -0.3 is 9.47 Å². The van der Waals surface area contributed by atoms with Gasteiger partial charge in [0.2, 0.25) is 0 Å². The van der Waals surface area contributed by atoms with Crippen molar-refractivity contribution in [2.75, 3.05) is 13.2 Å². The first kappa shape index (κ1) is 18.5. The highest BCUT2D eigenvalue weighted by Crippen LogP contribution is 2.21. The first-order chi connectivity index (χ1) is 12.1. The highest BCUT2D eigenvalue weighted by molar-refractivity contribution is 5.83. The van der Waals surface area contributed by atoms with Crippen molar-refractivity contribution in [3.05, 3.63) is 59.2 Å². The van der Waals surface area contributed by atoms with Crippen LogP contribution in [0.15, 0.2) is 47.6 Å². The predicted molar refractivity (Wildman–Crippen MR) is 99.4 cm³/mol. The number of nitrogens with zero attached hydrogens (tertiary/aromatic N) is 1. The van der Waals surface area contributed by atoms with Gasteiger partial charge >= 0.3 is 0 Å². The Morgan fingerprint density at radius 1 is 1.08 bits per heavy atom. The third-order valence-electron chi connectivity index (χ3n) is 3.51. The summed E-state index contributed by atoms with van der Waals surface area (Å²) in [4.78, 5) is 11.8. The number of para-hydroxylation sites is 1. The molecule has 0 saturated heterocycles. The molecule has 0 fully saturated rings. The van der Waals surface area contributed by atoms with Gasteiger partial charge in [0.1, 0.15) is 11.5 Å². The fraction of sp³-hybridized carbons (Fsp3) is 0.300. The van der Waals surface area contributed by atoms with Gasteiger partial charge in [-0.2, -0.15) is 5.10 Å². The summed E-state index contributed by atoms with van der Waals surface area (Å²) >= 11 is 0. The summed E-state index contributed by atoms with van der Waals surface area (Å²) < 4.78 is 11.1. The minimum absolute atomic E-state index is 0.0766. The maximum Gasteiger partial charge on any atom is 0.277 e. The molecule has 0 aliphatic heterocycles. The predicted octanol–water partition coefficient (Wildman–Crippen LogP) is 3.62. The lowest BCUT2D eigenvalue weighted by Gasteiger charge is -2.10. The topological polar surface area (TPSA) is 59.9 Å². The van der Waals surface area contributed by atoms with Crippen molar-refractivity contribution in [2.24, 2.45) is 5.10 Å². The SMILES string of the molecule is CCCOc1ccc(/C=N/NC(=O)COc2c(C)cccc2C)cc1. The molecule has 0 aliphatic carbocycles. The van der Waals surface area contributed by atoms with E-state index in [0.717, 1.165) is 34.6 Å². The summed E-state index contributed by atoms with van der Waals surface area (Å²) in [6.07, 6.45) is 2.56. The van der Waals surface area contributed by atoms with Crippen molar-refractivity contribution in [1.82, 2.24) is 5.43 Å². The van der Waals surface area contributed by atoms with Crippen molar-refractivity contribution in [3.8, 4) is 11.5 Å². The Bertz CT molecular complexity index is 704. The lowest BCUT2D eigenvalue weighted by molar-refractivity contribution is -0.123. The van der Waals surface area contributed by atoms with E-state index in [0.29, 0.717) is 6.61 Å². The van der Waals surface area contributed by atoms with E-state index in [1.54, 1.807) is 6.21 Å². The maximum absolute atomic E-state index is 11.8. The lowest BCUT2D eigenvalue weighted by Crippen LogP contribution is -2.25. The summed E-state index contributed by atoms with van der Waals surface area (Å²) in [5.74, 6) is 1.26. The molecule has 1 amide bonds. The Morgan fingerprint density at radius 2 is 1.76 bits per heavy atom. The zero-order valence-corrected chi connectivity index (χ0v) is 14.9. The summed E-state index contributed by atoms with van der Waals surface area (Å²) in [6, 6.07) is 13.4. The largest absolute Gasteiger partial charge is 0.494 e. The van der Waals surface area contributed by atoms with Gasteiger partial charge in [0, 0.05) is 0 Å². The maximum atomic E-state index is 11.8. The van der Waals surface area contributed by atoms with Crippen LogP contribution in [0.2, 0.25) is 0 Å². The first-order valence-electron chi connectivity index (χ1n) is 8.34. The summed E-state index contributed by atoms with van der Waals surface area (Å²) in [6.45, 7) is 6.59. The second-order valence-corrected chi connectivity index (χ2v) is 5.72. The monoisotopic (exact) mass is 340 g/mol. The van der Waals surface area contributed by atoms with E-state index < -0.39 is 0 Å². The third-order valence-corrected chi connectivity index (χ3v) is 3.51. The molecule has 2 rings (SSSR count). The van der Waals surface area contributed by atoms with Crippen molar-refractivity contribution in [2.45, 2.75) is 27.2 Å². The fourth-order valence-corrected chi connectivity index (χ4v) is 2.25. The van der Waals surface area contributed by atoms with Gasteiger partial charge in [-0.3, -0.25) is 4.79 Å². The zero-order chi connectivity index (χ0) is 18.1. The Morgan fingerprint density at radius 3 is 2.40 bits per heavy atom. The molecular weight excluding hydrogens is 316 g/mol. The number of hydrogen-bond donors (Lipinski definition) is 1. The van der Waals surface area contributed by atoms with Gasteiger partial charge in [0.05, 0.1) is 12.8 Å². The van der Waals surface area contributed by atoms with Crippen LogP contribution in [0.5, 0.6) is 11.5 Å². The number of nitrogens with one attached hydrogen (secondary N) is 1. The highest BCUT2D eigenvalue weighted by Gasteiger charge is 2.06. The second kappa shape index (κ2) is 9.47. The third kappa shape index (κ3) is 5.95. The van der Waals surface area contributed by atoms with Crippen LogP contribution in [0, 0.1) is 13.8 Å². The average molecular weight is 340 g/mol. The molecule has 0 spiro atoms. The molecule has 0 bridgehead atoms. The van der Waals surface area contributed by atoms with Crippen LogP contribution in [0.4, 0.5) is 0 Å². The number of carbonyl (C=O) groups excluding carboxylic acids is 1. The van der Waals surface area contributed by atoms with E-state index >= 15 is 0 Å². The smallest absolute Gasteiger partial charge is 0.277 e. The van der Waals surface area contributed by atoms with Gasteiger partial charge in [-0.25, -0.2) is 5.43 Å². The van der Waals surface area contributed by atoms with Crippen LogP contribution < -0.4 is 14.9 Å². The molecule has 0 aliphatic rings. The molecule has 0 saturated carbocycles. The number of rotatable bonds is 8. The van der Waals surface area contributed by atoms with Gasteiger partial charge in [0.15, 0.2) is 6.61 Å². The Kier molecular flexibility index (Phi) is 7.01. The number of benzene rings is 2. The molecule has 2 aromatic carbocycles. The highest BCUT2D eigenvalue weighted by atomic mass is 16.5. The lowest BCUT2D eigenvalue weighted by atomic mass is 10.1. The Balaban J connectivity index is 1.80. The van der Waals surface area contributed by atoms with Crippen molar-refractivity contribution in [3.63, 3.8) is 0 Å². The summed E-state index contributed by atoms with van der Waals surface area (Å²) in [5, 5.41) is 3.95. The normalized spacial score (nSPS) is 10.7. The van der Waals surface area contributed by atoms with Crippen molar-refractivity contribution in [1.29, 1.82) is 0 Å². The minimum Gasteiger partial charge on any atom is -0.494 e. The van der Waals surface area contributed by atoms with E-state index in [2.05, 4.69) is 17.5 Å². The van der Waals surface area contributed by atoms with E-state index in [1.807, 2.05) is 56.3 Å². The molecule has 5 nitrogen and oxygen atoms in total. The molecule has 5 heteroatoms. The molecule has 0 radical (unpaired) electrons. The van der Waals surface area contributed by atoms with Gasteiger partial charge in [-0.1, -0.05) is 25.1 Å². The molecule has 0 heterocycles. The van der Waals surface area contributed by atoms with Crippen molar-refractivity contribution < 1.29 is 14.3 Å². The van der Waals surface area contributed by atoms with E-state index in [-0.39, 0.29) is 12.5 Å². The van der Waals surface area contributed by atoms with Crippen molar-refractivity contribution >= 4 is 12.1 Å². The fourth-order valence-electron chi connectivity index (χ4n) is 2.25. The molecule has 2 aromatic rings. The van der Waals surface area contributed by atoms with E-state index in [4.69, 9.17) is 9.47 Å². The Hall–Kier alpha value is -2.82. The average Bonchev–Trinajstić information content (AvgIpc) is 2.60. The van der Waals surface area contributed by atoms with Gasteiger partial charge in [-0.15, -0.1) is 0 Å². The number of ether oxygens (including phenoxy) is 2. The van der Waals surface area contributed by atoms with Gasteiger partial charge in [0.25, 0.3) is 5.91 Å². The molecule has 1 N–H and O–H groups in total. The quantitative estimate of drug-likeness (QED) is 0.590. The number of carbonyl (C=O) groups is 1. The standard InChI is InChI=1S/C20H24N2O3/c1-4-12-24-18-10-8-17(9-11-18)13-21-22-19(23)14-25-20-15(2)6-5-7-16(20)3/h5-11,13H,4,12,14H2,1-3H3,(H,22,23)/b21-13+. The molecular formula is C20H24N2O3. The van der Waals surface area contributed by atoms with E-state index in [1.165, 1.54) is 0 Å². The number of hydrazone groups is 1. The number of amides is 1. The number of aryl methyl sites for hydroxylation is 2. The minimum atomic E-state index is -0.304. The zero-order valence-electron chi connectivity index (χ0n) is 14.9. The molecule has 25 heavy (non-hydrogen) atoms. The molecule has 0 atom stereocenters. The number of hydrogen-bond acceptors (Lipinski definition) is 4. The summed E-state index contributed by atoms with van der Waals surface area (Å²) in [5.41, 5.74) is 5.34. The van der Waals surface area contributed by atoms with Crippen LogP contribution in [-0.4, -0.2) is 25.3 Å². The molecule has 0 unspecified atom stereocenters. The van der Waals surface area contributed by atoms with E-state index in [9.17, 15) is 4.79 Å². The Labute approximate surface area is 148 Å². The first-order valence-corrected chi connectivity index (χ1v) is 8.34. The molecule has 132 valence electrons. The van der Waals surface area contributed by atoms with Crippen LogP contribution in [0.3, 0.4) is 0 Å². The van der Waals surface area contributed by atoms with Crippen LogP contribution >= 0.6 is 0 Å². The summed E-state index contributed by atoms with van der Waals surface area (Å²) in [7, 11) is 0. The van der Waals surface area contributed by atoms with Gasteiger partial charge in [-0.05, 0) is 61.2 Å². The van der Waals surface area contributed by atoms with Crippen LogP contribution in [-0.2, 0) is 4.79 Å². The van der Waals surface area contributed by atoms with Crippen LogP contribution in [0.25, 0.3) is 0 Å². The second-order valence-electron chi connectivity index (χ2n) is 5.72. The van der Waals surface area contributed by atoms with Crippen LogP contribution in [0.1, 0.15) is 30.0 Å².